The fourth-order valence-electron chi connectivity index (χ4n) is 1.61. The number of carbonyl (C=O) groups is 2. The third kappa shape index (κ3) is 4.87. The van der Waals surface area contributed by atoms with E-state index in [2.05, 4.69) is 10.3 Å². The highest BCUT2D eigenvalue weighted by atomic mass is 16.4. The fraction of sp³-hybridized carbons (Fsp3) is 0.500. The van der Waals surface area contributed by atoms with E-state index in [4.69, 9.17) is 10.8 Å². The molecule has 0 saturated heterocycles. The number of anilines is 1. The van der Waals surface area contributed by atoms with E-state index in [-0.39, 0.29) is 23.3 Å². The SMILES string of the molecule is CC(C)(C)c1cc(C(=O)O)cc(NCCCC(N)=O)n1. The van der Waals surface area contributed by atoms with Crippen molar-refractivity contribution in [1.82, 2.24) is 4.98 Å². The van der Waals surface area contributed by atoms with Gasteiger partial charge in [0.2, 0.25) is 5.91 Å². The van der Waals surface area contributed by atoms with Gasteiger partial charge in [0.25, 0.3) is 0 Å². The second-order valence-electron chi connectivity index (χ2n) is 5.68. The minimum Gasteiger partial charge on any atom is -0.478 e. The lowest BCUT2D eigenvalue weighted by Crippen LogP contribution is -2.17. The van der Waals surface area contributed by atoms with E-state index in [9.17, 15) is 9.59 Å². The van der Waals surface area contributed by atoms with Gasteiger partial charge in [0.1, 0.15) is 5.82 Å². The zero-order valence-corrected chi connectivity index (χ0v) is 12.1. The van der Waals surface area contributed by atoms with Gasteiger partial charge in [-0.05, 0) is 18.6 Å². The number of aromatic carboxylic acids is 1. The molecule has 0 aliphatic carbocycles. The molecule has 4 N–H and O–H groups in total. The molecule has 1 rings (SSSR count). The van der Waals surface area contributed by atoms with Gasteiger partial charge in [0.05, 0.1) is 5.56 Å². The summed E-state index contributed by atoms with van der Waals surface area (Å²) in [6, 6.07) is 3.07. The van der Waals surface area contributed by atoms with Gasteiger partial charge < -0.3 is 16.2 Å². The molecule has 0 spiro atoms. The van der Waals surface area contributed by atoms with Crippen LogP contribution in [0.1, 0.15) is 49.7 Å². The molecule has 110 valence electrons. The van der Waals surface area contributed by atoms with Crippen molar-refractivity contribution >= 4 is 17.7 Å². The van der Waals surface area contributed by atoms with Crippen LogP contribution in [0.3, 0.4) is 0 Å². The Labute approximate surface area is 118 Å². The Balaban J connectivity index is 2.87. The minimum absolute atomic E-state index is 0.197. The molecule has 1 amide bonds. The quantitative estimate of drug-likeness (QED) is 0.688. The van der Waals surface area contributed by atoms with Crippen molar-refractivity contribution in [2.75, 3.05) is 11.9 Å². The molecule has 0 radical (unpaired) electrons. The molecule has 0 atom stereocenters. The van der Waals surface area contributed by atoms with Crippen molar-refractivity contribution in [3.63, 3.8) is 0 Å². The molecule has 6 heteroatoms. The van der Waals surface area contributed by atoms with Crippen LogP contribution in [0.25, 0.3) is 0 Å². The lowest BCUT2D eigenvalue weighted by Gasteiger charge is -2.19. The van der Waals surface area contributed by atoms with Crippen LogP contribution in [0.15, 0.2) is 12.1 Å². The maximum Gasteiger partial charge on any atom is 0.335 e. The average molecular weight is 279 g/mol. The molecule has 0 bridgehead atoms. The van der Waals surface area contributed by atoms with Crippen LogP contribution in [0.4, 0.5) is 5.82 Å². The van der Waals surface area contributed by atoms with E-state index in [0.717, 1.165) is 0 Å². The summed E-state index contributed by atoms with van der Waals surface area (Å²) in [6.07, 6.45) is 0.872. The van der Waals surface area contributed by atoms with Gasteiger partial charge in [-0.15, -0.1) is 0 Å². The molecule has 0 fully saturated rings. The van der Waals surface area contributed by atoms with Crippen molar-refractivity contribution in [3.05, 3.63) is 23.4 Å². The molecule has 0 aliphatic rings. The summed E-state index contributed by atoms with van der Waals surface area (Å²) in [5, 5.41) is 12.2. The number of pyridine rings is 1. The predicted molar refractivity (Wildman–Crippen MR) is 76.8 cm³/mol. The third-order valence-electron chi connectivity index (χ3n) is 2.75. The number of primary amides is 1. The number of hydrogen-bond donors (Lipinski definition) is 3. The van der Waals surface area contributed by atoms with Crippen molar-refractivity contribution in [3.8, 4) is 0 Å². The largest absolute Gasteiger partial charge is 0.478 e. The highest BCUT2D eigenvalue weighted by Crippen LogP contribution is 2.23. The molecule has 0 saturated carbocycles. The molecule has 20 heavy (non-hydrogen) atoms. The van der Waals surface area contributed by atoms with Gasteiger partial charge in [-0.2, -0.15) is 0 Å². The van der Waals surface area contributed by atoms with Crippen molar-refractivity contribution in [1.29, 1.82) is 0 Å². The second kappa shape index (κ2) is 6.36. The van der Waals surface area contributed by atoms with E-state index in [1.54, 1.807) is 6.07 Å². The lowest BCUT2D eigenvalue weighted by atomic mass is 9.91. The molecule has 0 aromatic carbocycles. The molecular formula is C14H21N3O3. The Morgan fingerprint density at radius 2 is 2.00 bits per heavy atom. The minimum atomic E-state index is -0.988. The van der Waals surface area contributed by atoms with Crippen molar-refractivity contribution in [2.24, 2.45) is 5.73 Å². The maximum absolute atomic E-state index is 11.1. The van der Waals surface area contributed by atoms with Crippen LogP contribution in [-0.4, -0.2) is 28.5 Å². The average Bonchev–Trinajstić information content (AvgIpc) is 2.33. The first-order valence-corrected chi connectivity index (χ1v) is 6.48. The number of carboxylic acids is 1. The summed E-state index contributed by atoms with van der Waals surface area (Å²) >= 11 is 0. The summed E-state index contributed by atoms with van der Waals surface area (Å²) in [7, 11) is 0. The van der Waals surface area contributed by atoms with Crippen LogP contribution >= 0.6 is 0 Å². The van der Waals surface area contributed by atoms with Gasteiger partial charge in [-0.1, -0.05) is 20.8 Å². The number of carbonyl (C=O) groups excluding carboxylic acids is 1. The van der Waals surface area contributed by atoms with E-state index in [1.807, 2.05) is 20.8 Å². The van der Waals surface area contributed by atoms with Crippen molar-refractivity contribution in [2.45, 2.75) is 39.0 Å². The van der Waals surface area contributed by atoms with Crippen LogP contribution in [-0.2, 0) is 10.2 Å². The van der Waals surface area contributed by atoms with Gasteiger partial charge >= 0.3 is 5.97 Å². The normalized spacial score (nSPS) is 11.2. The first-order valence-electron chi connectivity index (χ1n) is 6.48. The van der Waals surface area contributed by atoms with E-state index in [1.165, 1.54) is 6.07 Å². The lowest BCUT2D eigenvalue weighted by molar-refractivity contribution is -0.118. The summed E-state index contributed by atoms with van der Waals surface area (Å²) < 4.78 is 0. The summed E-state index contributed by atoms with van der Waals surface area (Å²) in [5.41, 5.74) is 5.72. The fourth-order valence-corrected chi connectivity index (χ4v) is 1.61. The predicted octanol–water partition coefficient (Wildman–Crippen LogP) is 1.75. The summed E-state index contributed by atoms with van der Waals surface area (Å²) in [4.78, 5) is 26.2. The number of amides is 1. The van der Waals surface area contributed by atoms with Crippen LogP contribution in [0, 0.1) is 0 Å². The van der Waals surface area contributed by atoms with Gasteiger partial charge in [-0.3, -0.25) is 4.79 Å². The first kappa shape index (κ1) is 15.9. The summed E-state index contributed by atoms with van der Waals surface area (Å²) in [6.45, 7) is 6.43. The highest BCUT2D eigenvalue weighted by molar-refractivity contribution is 5.88. The number of nitrogens with one attached hydrogen (secondary N) is 1. The third-order valence-corrected chi connectivity index (χ3v) is 2.75. The molecule has 0 unspecified atom stereocenters. The van der Waals surface area contributed by atoms with E-state index in [0.29, 0.717) is 24.5 Å². The monoisotopic (exact) mass is 279 g/mol. The number of nitrogens with two attached hydrogens (primary N) is 1. The molecule has 1 heterocycles. The number of rotatable bonds is 6. The zero-order valence-electron chi connectivity index (χ0n) is 12.1. The Bertz CT molecular complexity index is 507. The Morgan fingerprint density at radius 1 is 1.35 bits per heavy atom. The first-order chi connectivity index (χ1) is 9.20. The highest BCUT2D eigenvalue weighted by Gasteiger charge is 2.19. The van der Waals surface area contributed by atoms with Crippen LogP contribution in [0.5, 0.6) is 0 Å². The smallest absolute Gasteiger partial charge is 0.335 e. The van der Waals surface area contributed by atoms with Gasteiger partial charge in [0.15, 0.2) is 0 Å². The Kier molecular flexibility index (Phi) is 5.07. The van der Waals surface area contributed by atoms with Gasteiger partial charge in [0, 0.05) is 24.1 Å². The molecule has 6 nitrogen and oxygen atoms in total. The van der Waals surface area contributed by atoms with Crippen molar-refractivity contribution < 1.29 is 14.7 Å². The maximum atomic E-state index is 11.1. The number of aromatic nitrogens is 1. The zero-order chi connectivity index (χ0) is 15.3. The Hall–Kier alpha value is -2.11. The number of carboxylic acid groups (broad SMARTS) is 1. The Morgan fingerprint density at radius 3 is 2.50 bits per heavy atom. The van der Waals surface area contributed by atoms with E-state index >= 15 is 0 Å². The molecule has 0 aliphatic heterocycles. The second-order valence-corrected chi connectivity index (χ2v) is 5.68. The number of hydrogen-bond acceptors (Lipinski definition) is 4. The summed E-state index contributed by atoms with van der Waals surface area (Å²) in [5.74, 6) is -0.841. The standard InChI is InChI=1S/C14H21N3O3/c1-14(2,3)10-7-9(13(19)20)8-12(17-10)16-6-4-5-11(15)18/h7-8H,4-6H2,1-3H3,(H2,15,18)(H,16,17)(H,19,20). The van der Waals surface area contributed by atoms with E-state index < -0.39 is 5.97 Å². The topological polar surface area (TPSA) is 105 Å². The molecule has 1 aromatic heterocycles. The van der Waals surface area contributed by atoms with Crippen LogP contribution < -0.4 is 11.1 Å². The number of nitrogens with zero attached hydrogens (tertiary/aromatic N) is 1. The van der Waals surface area contributed by atoms with Crippen LogP contribution in [0.2, 0.25) is 0 Å². The van der Waals surface area contributed by atoms with Gasteiger partial charge in [-0.25, -0.2) is 9.78 Å². The molecular weight excluding hydrogens is 258 g/mol. The molecule has 1 aromatic rings.